The zero-order valence-corrected chi connectivity index (χ0v) is 12.9. The van der Waals surface area contributed by atoms with E-state index in [9.17, 15) is 4.79 Å². The highest BCUT2D eigenvalue weighted by Crippen LogP contribution is 2.20. The van der Waals surface area contributed by atoms with Crippen LogP contribution in [-0.4, -0.2) is 22.3 Å². The van der Waals surface area contributed by atoms with E-state index in [0.717, 1.165) is 5.56 Å². The number of carbonyl (C=O) groups is 1. The van der Waals surface area contributed by atoms with Gasteiger partial charge < -0.3 is 5.32 Å². The molecule has 1 atom stereocenters. The predicted molar refractivity (Wildman–Crippen MR) is 79.1 cm³/mol. The molecule has 19 heavy (non-hydrogen) atoms. The molecular weight excluding hydrogens is 236 g/mol. The van der Waals surface area contributed by atoms with Crippen LogP contribution in [0, 0.1) is 5.41 Å². The Bertz CT molecular complexity index is 413. The topological polar surface area (TPSA) is 42.0 Å². The van der Waals surface area contributed by atoms with E-state index in [1.165, 1.54) is 0 Å². The van der Waals surface area contributed by atoms with Gasteiger partial charge in [0.2, 0.25) is 0 Å². The first-order chi connectivity index (χ1) is 8.59. The largest absolute Gasteiger partial charge is 0.302 e. The van der Waals surface area contributed by atoms with Crippen molar-refractivity contribution in [2.45, 2.75) is 59.5 Å². The summed E-state index contributed by atoms with van der Waals surface area (Å²) in [6.45, 7) is 12.2. The number of nitrogens with one attached hydrogen (secondary N) is 1. The van der Waals surface area contributed by atoms with Crippen LogP contribution >= 0.6 is 0 Å². The summed E-state index contributed by atoms with van der Waals surface area (Å²) in [7, 11) is 0. The van der Waals surface area contributed by atoms with Crippen molar-refractivity contribution in [3.05, 3.63) is 30.1 Å². The van der Waals surface area contributed by atoms with Gasteiger partial charge in [0.15, 0.2) is 5.78 Å². The normalized spacial score (nSPS) is 14.2. The molecule has 0 spiro atoms. The Morgan fingerprint density at radius 3 is 2.32 bits per heavy atom. The van der Waals surface area contributed by atoms with Gasteiger partial charge in [-0.1, -0.05) is 26.8 Å². The molecule has 1 unspecified atom stereocenters. The molecule has 0 amide bonds. The van der Waals surface area contributed by atoms with E-state index in [1.54, 1.807) is 6.20 Å². The molecule has 0 aliphatic heterocycles. The highest BCUT2D eigenvalue weighted by molar-refractivity contribution is 5.89. The standard InChI is InChI=1S/C16H26N2O/c1-15(2,3)14(19)13(18-16(4,5)6)10-12-8-7-9-17-11-12/h7-9,11,13,18H,10H2,1-6H3. The maximum absolute atomic E-state index is 12.6. The number of hydrogen-bond acceptors (Lipinski definition) is 3. The van der Waals surface area contributed by atoms with Crippen molar-refractivity contribution >= 4 is 5.78 Å². The molecule has 0 aliphatic carbocycles. The molecule has 106 valence electrons. The number of ketones is 1. The van der Waals surface area contributed by atoms with Gasteiger partial charge in [-0.2, -0.15) is 0 Å². The molecule has 0 saturated carbocycles. The van der Waals surface area contributed by atoms with Crippen molar-refractivity contribution in [2.75, 3.05) is 0 Å². The molecule has 1 heterocycles. The summed E-state index contributed by atoms with van der Waals surface area (Å²) in [5.74, 6) is 0.242. The summed E-state index contributed by atoms with van der Waals surface area (Å²) in [5, 5.41) is 3.43. The second kappa shape index (κ2) is 5.83. The van der Waals surface area contributed by atoms with Crippen LogP contribution in [0.25, 0.3) is 0 Å². The molecular formula is C16H26N2O. The van der Waals surface area contributed by atoms with E-state index < -0.39 is 0 Å². The molecule has 3 nitrogen and oxygen atoms in total. The fourth-order valence-corrected chi connectivity index (χ4v) is 2.01. The minimum atomic E-state index is -0.342. The van der Waals surface area contributed by atoms with Gasteiger partial charge in [0.1, 0.15) is 0 Å². The molecule has 3 heteroatoms. The van der Waals surface area contributed by atoms with Gasteiger partial charge in [0.25, 0.3) is 0 Å². The van der Waals surface area contributed by atoms with Gasteiger partial charge >= 0.3 is 0 Å². The number of rotatable bonds is 4. The van der Waals surface area contributed by atoms with E-state index in [1.807, 2.05) is 39.1 Å². The second-order valence-corrected chi connectivity index (χ2v) is 7.13. The first kappa shape index (κ1) is 15.8. The summed E-state index contributed by atoms with van der Waals surface area (Å²) in [6.07, 6.45) is 4.26. The van der Waals surface area contributed by atoms with Crippen LogP contribution in [0.5, 0.6) is 0 Å². The van der Waals surface area contributed by atoms with Crippen LogP contribution in [0.15, 0.2) is 24.5 Å². The zero-order valence-electron chi connectivity index (χ0n) is 12.9. The lowest BCUT2D eigenvalue weighted by Gasteiger charge is -2.31. The van der Waals surface area contributed by atoms with Crippen LogP contribution in [0.4, 0.5) is 0 Å². The van der Waals surface area contributed by atoms with Gasteiger partial charge in [-0.05, 0) is 38.8 Å². The maximum Gasteiger partial charge on any atom is 0.155 e. The SMILES string of the molecule is CC(C)(C)NC(Cc1cccnc1)C(=O)C(C)(C)C. The number of carbonyl (C=O) groups excluding carboxylic acids is 1. The minimum Gasteiger partial charge on any atom is -0.302 e. The quantitative estimate of drug-likeness (QED) is 0.907. The maximum atomic E-state index is 12.6. The lowest BCUT2D eigenvalue weighted by Crippen LogP contribution is -2.51. The van der Waals surface area contributed by atoms with Crippen LogP contribution in [0.2, 0.25) is 0 Å². The number of Topliss-reactive ketones (excluding diaryl/α,β-unsaturated/α-hetero) is 1. The Morgan fingerprint density at radius 2 is 1.89 bits per heavy atom. The van der Waals surface area contributed by atoms with Crippen molar-refractivity contribution in [1.29, 1.82) is 0 Å². The van der Waals surface area contributed by atoms with Crippen molar-refractivity contribution in [3.63, 3.8) is 0 Å². The van der Waals surface area contributed by atoms with E-state index in [4.69, 9.17) is 0 Å². The molecule has 0 aliphatic rings. The molecule has 0 fully saturated rings. The zero-order chi connectivity index (χ0) is 14.7. The number of nitrogens with zero attached hydrogens (tertiary/aromatic N) is 1. The third kappa shape index (κ3) is 5.52. The van der Waals surface area contributed by atoms with Crippen LogP contribution in [-0.2, 0) is 11.2 Å². The monoisotopic (exact) mass is 262 g/mol. The second-order valence-electron chi connectivity index (χ2n) is 7.13. The Labute approximate surface area is 116 Å². The molecule has 1 rings (SSSR count). The molecule has 0 bridgehead atoms. The highest BCUT2D eigenvalue weighted by atomic mass is 16.1. The van der Waals surface area contributed by atoms with Gasteiger partial charge in [-0.3, -0.25) is 9.78 Å². The van der Waals surface area contributed by atoms with Crippen molar-refractivity contribution in [3.8, 4) is 0 Å². The van der Waals surface area contributed by atoms with Gasteiger partial charge in [0, 0.05) is 23.3 Å². The lowest BCUT2D eigenvalue weighted by atomic mass is 9.83. The molecule has 0 saturated heterocycles. The third-order valence-electron chi connectivity index (χ3n) is 2.83. The average molecular weight is 262 g/mol. The fraction of sp³-hybridized carbons (Fsp3) is 0.625. The van der Waals surface area contributed by atoms with Crippen LogP contribution < -0.4 is 5.32 Å². The number of pyridine rings is 1. The summed E-state index contributed by atoms with van der Waals surface area (Å²) < 4.78 is 0. The highest BCUT2D eigenvalue weighted by Gasteiger charge is 2.31. The third-order valence-corrected chi connectivity index (χ3v) is 2.83. The first-order valence-corrected chi connectivity index (χ1v) is 6.80. The van der Waals surface area contributed by atoms with Crippen molar-refractivity contribution in [1.82, 2.24) is 10.3 Å². The van der Waals surface area contributed by atoms with Crippen molar-refractivity contribution < 1.29 is 4.79 Å². The van der Waals surface area contributed by atoms with E-state index in [0.29, 0.717) is 6.42 Å². The number of aromatic nitrogens is 1. The summed E-state index contributed by atoms with van der Waals surface area (Å²) in [5.41, 5.74) is 0.653. The summed E-state index contributed by atoms with van der Waals surface area (Å²) in [4.78, 5) is 16.7. The average Bonchev–Trinajstić information content (AvgIpc) is 2.25. The number of hydrogen-bond donors (Lipinski definition) is 1. The van der Waals surface area contributed by atoms with Gasteiger partial charge in [-0.25, -0.2) is 0 Å². The fourth-order valence-electron chi connectivity index (χ4n) is 2.01. The van der Waals surface area contributed by atoms with Crippen LogP contribution in [0.1, 0.15) is 47.1 Å². The minimum absolute atomic E-state index is 0.0895. The van der Waals surface area contributed by atoms with Gasteiger partial charge in [-0.15, -0.1) is 0 Å². The summed E-state index contributed by atoms with van der Waals surface area (Å²) >= 11 is 0. The Morgan fingerprint density at radius 1 is 1.26 bits per heavy atom. The smallest absolute Gasteiger partial charge is 0.155 e. The summed E-state index contributed by atoms with van der Waals surface area (Å²) in [6, 6.07) is 3.75. The Hall–Kier alpha value is -1.22. The first-order valence-electron chi connectivity index (χ1n) is 6.80. The lowest BCUT2D eigenvalue weighted by molar-refractivity contribution is -0.128. The van der Waals surface area contributed by atoms with E-state index in [-0.39, 0.29) is 22.8 Å². The Kier molecular flexibility index (Phi) is 4.86. The molecule has 1 aromatic heterocycles. The Balaban J connectivity index is 2.90. The van der Waals surface area contributed by atoms with Gasteiger partial charge in [0.05, 0.1) is 6.04 Å². The molecule has 1 aromatic rings. The van der Waals surface area contributed by atoms with Crippen molar-refractivity contribution in [2.24, 2.45) is 5.41 Å². The van der Waals surface area contributed by atoms with E-state index >= 15 is 0 Å². The predicted octanol–water partition coefficient (Wildman–Crippen LogP) is 3.00. The van der Waals surface area contributed by atoms with Crippen LogP contribution in [0.3, 0.4) is 0 Å². The molecule has 0 aromatic carbocycles. The van der Waals surface area contributed by atoms with E-state index in [2.05, 4.69) is 31.1 Å². The molecule has 0 radical (unpaired) electrons. The molecule has 1 N–H and O–H groups in total.